The number of ether oxygens (including phenoxy) is 9. The van der Waals surface area contributed by atoms with Crippen molar-refractivity contribution < 1.29 is 129 Å². The Kier molecular flexibility index (Phi) is 17.1. The Balaban J connectivity index is 1.39. The maximum atomic E-state index is 12.4. The van der Waals surface area contributed by atoms with Gasteiger partial charge >= 0.3 is 0 Å². The Bertz CT molecular complexity index is 1320. The summed E-state index contributed by atoms with van der Waals surface area (Å²) in [6.45, 7) is -3.60. The first-order valence-electron chi connectivity index (χ1n) is 18.6. The second-order valence-electron chi connectivity index (χ2n) is 14.7. The predicted molar refractivity (Wildman–Crippen MR) is 178 cm³/mol. The molecule has 5 aliphatic rings. The first kappa shape index (κ1) is 48.5. The molecule has 1 amide bonds. The number of nitrogens with one attached hydrogen (secondary N) is 1. The molecule has 344 valence electrons. The number of rotatable bonds is 14. The highest BCUT2D eigenvalue weighted by Gasteiger charge is 2.57. The SMILES string of the molecule is CC(=O)N[C@H]1[C@H](O[C@H]2[C@@H](O)[C@@H](CO)O[C@H](O[C@H]3[C@@H](O)[C@@H](CO)O[C@@H](O[C@H]4[C@H](O)[C@@H](O)C(O)O[C@@H]4CO)[C@@H]3O)[C@@H]2O)O[C@H](CO)[C@H](O)[C@@H]1O[C@@H]1O[C@H](CO)[C@H](O)[C@H](O)[C@H]1O. The Labute approximate surface area is 333 Å². The molecule has 5 rings (SSSR count). The van der Waals surface area contributed by atoms with E-state index >= 15 is 0 Å². The van der Waals surface area contributed by atoms with Gasteiger partial charge in [0.25, 0.3) is 0 Å². The van der Waals surface area contributed by atoms with Crippen LogP contribution in [0.3, 0.4) is 0 Å². The summed E-state index contributed by atoms with van der Waals surface area (Å²) in [5, 5.41) is 170. The highest BCUT2D eigenvalue weighted by molar-refractivity contribution is 5.73. The lowest BCUT2D eigenvalue weighted by Gasteiger charge is -2.50. The first-order chi connectivity index (χ1) is 27.9. The smallest absolute Gasteiger partial charge is 0.217 e. The molecule has 5 saturated heterocycles. The summed E-state index contributed by atoms with van der Waals surface area (Å²) in [6, 6.07) is -1.68. The number of aliphatic hydroxyl groups is 16. The van der Waals surface area contributed by atoms with E-state index < -0.39 is 192 Å². The van der Waals surface area contributed by atoms with E-state index in [0.29, 0.717) is 0 Å². The maximum absolute atomic E-state index is 12.4. The molecule has 17 N–H and O–H groups in total. The highest BCUT2D eigenvalue weighted by Crippen LogP contribution is 2.36. The molecule has 0 aromatic rings. The normalized spacial score (nSPS) is 51.0. The third-order valence-corrected chi connectivity index (χ3v) is 10.7. The van der Waals surface area contributed by atoms with Crippen molar-refractivity contribution >= 4 is 5.91 Å². The third-order valence-electron chi connectivity index (χ3n) is 10.7. The van der Waals surface area contributed by atoms with Crippen molar-refractivity contribution in [2.75, 3.05) is 33.0 Å². The molecule has 0 bridgehead atoms. The van der Waals surface area contributed by atoms with E-state index in [2.05, 4.69) is 5.32 Å². The van der Waals surface area contributed by atoms with Crippen molar-refractivity contribution in [2.45, 2.75) is 160 Å². The fourth-order valence-electron chi connectivity index (χ4n) is 7.42. The topological polar surface area (TPSA) is 436 Å². The zero-order valence-corrected chi connectivity index (χ0v) is 31.2. The Morgan fingerprint density at radius 2 is 0.780 bits per heavy atom. The summed E-state index contributed by atoms with van der Waals surface area (Å²) in [7, 11) is 0. The van der Waals surface area contributed by atoms with Crippen LogP contribution < -0.4 is 5.32 Å². The maximum Gasteiger partial charge on any atom is 0.217 e. The molecule has 0 aliphatic carbocycles. The molecule has 25 atom stereocenters. The fraction of sp³-hybridized carbons (Fsp3) is 0.969. The van der Waals surface area contributed by atoms with Crippen LogP contribution in [-0.4, -0.2) is 274 Å². The van der Waals surface area contributed by atoms with E-state index in [1.807, 2.05) is 0 Å². The molecule has 0 radical (unpaired) electrons. The van der Waals surface area contributed by atoms with E-state index in [-0.39, 0.29) is 0 Å². The molecule has 0 spiro atoms. The molecule has 27 heteroatoms. The van der Waals surface area contributed by atoms with Crippen LogP contribution in [0.25, 0.3) is 0 Å². The molecule has 0 aromatic heterocycles. The average Bonchev–Trinajstić information content (AvgIpc) is 3.21. The van der Waals surface area contributed by atoms with Gasteiger partial charge in [0.2, 0.25) is 5.91 Å². The number of aliphatic hydroxyl groups excluding tert-OH is 16. The van der Waals surface area contributed by atoms with Crippen LogP contribution in [0.2, 0.25) is 0 Å². The molecule has 5 aliphatic heterocycles. The molecule has 5 heterocycles. The largest absolute Gasteiger partial charge is 0.394 e. The lowest BCUT2D eigenvalue weighted by molar-refractivity contribution is -0.389. The van der Waals surface area contributed by atoms with Gasteiger partial charge in [0.15, 0.2) is 31.5 Å². The molecule has 0 saturated carbocycles. The van der Waals surface area contributed by atoms with Crippen LogP contribution in [0.4, 0.5) is 0 Å². The number of hydrogen-bond donors (Lipinski definition) is 17. The van der Waals surface area contributed by atoms with E-state index in [4.69, 9.17) is 42.6 Å². The van der Waals surface area contributed by atoms with Gasteiger partial charge in [-0.15, -0.1) is 0 Å². The van der Waals surface area contributed by atoms with Crippen molar-refractivity contribution in [3.8, 4) is 0 Å². The van der Waals surface area contributed by atoms with Crippen LogP contribution >= 0.6 is 0 Å². The molecule has 0 aromatic carbocycles. The van der Waals surface area contributed by atoms with Crippen LogP contribution in [0, 0.1) is 0 Å². The number of amides is 1. The van der Waals surface area contributed by atoms with Crippen molar-refractivity contribution in [3.63, 3.8) is 0 Å². The van der Waals surface area contributed by atoms with Gasteiger partial charge < -0.3 is 130 Å². The van der Waals surface area contributed by atoms with Gasteiger partial charge in [0.05, 0.1) is 33.0 Å². The minimum Gasteiger partial charge on any atom is -0.394 e. The quantitative estimate of drug-likeness (QED) is 0.0770. The minimum absolute atomic E-state index is 0.812. The molecule has 27 nitrogen and oxygen atoms in total. The Morgan fingerprint density at radius 3 is 1.24 bits per heavy atom. The molecular formula is C32H55NO26. The van der Waals surface area contributed by atoms with E-state index in [1.165, 1.54) is 0 Å². The van der Waals surface area contributed by atoms with Gasteiger partial charge in [0, 0.05) is 6.92 Å². The second kappa shape index (κ2) is 20.8. The van der Waals surface area contributed by atoms with Gasteiger partial charge in [-0.2, -0.15) is 0 Å². The molecular weight excluding hydrogens is 814 g/mol. The fourth-order valence-corrected chi connectivity index (χ4v) is 7.42. The van der Waals surface area contributed by atoms with Crippen LogP contribution in [-0.2, 0) is 47.4 Å². The standard InChI is InChI=1S/C32H55NO26/c1-7(39)33-13-25(57-30-21(47)18(44)14(40)8(2-34)53-30)15(41)9(3-35)52-29(13)58-26-16(42)10(4-36)55-32(22(26)48)59-27-17(43)11(5-37)54-31(23(27)49)56-24-12(6-38)51-28(50)20(46)19(24)45/h8-32,34-38,40-50H,2-6H2,1H3,(H,33,39)/t8-,9-,10-,11-,12-,13-,14+,15+,16+,17+,18+,19-,20-,21-,22-,23-,24-,25-,26+,27+,28?,29+,30+,31+,32-/m1/s1. The van der Waals surface area contributed by atoms with Gasteiger partial charge in [-0.1, -0.05) is 0 Å². The van der Waals surface area contributed by atoms with E-state index in [0.717, 1.165) is 6.92 Å². The summed E-state index contributed by atoms with van der Waals surface area (Å²) < 4.78 is 50.1. The first-order valence-corrected chi connectivity index (χ1v) is 18.6. The van der Waals surface area contributed by atoms with Crippen molar-refractivity contribution in [1.82, 2.24) is 5.32 Å². The van der Waals surface area contributed by atoms with Gasteiger partial charge in [-0.25, -0.2) is 0 Å². The summed E-state index contributed by atoms with van der Waals surface area (Å²) in [4.78, 5) is 12.4. The van der Waals surface area contributed by atoms with Crippen molar-refractivity contribution in [1.29, 1.82) is 0 Å². The average molecular weight is 870 g/mol. The third kappa shape index (κ3) is 10.2. The highest BCUT2D eigenvalue weighted by atomic mass is 16.8. The zero-order chi connectivity index (χ0) is 43.6. The van der Waals surface area contributed by atoms with Crippen molar-refractivity contribution in [2.24, 2.45) is 0 Å². The summed E-state index contributed by atoms with van der Waals surface area (Å²) in [5.74, 6) is -0.812. The minimum atomic E-state index is -2.18. The lowest BCUT2D eigenvalue weighted by atomic mass is 9.94. The molecule has 1 unspecified atom stereocenters. The predicted octanol–water partition coefficient (Wildman–Crippen LogP) is -11.8. The Morgan fingerprint density at radius 1 is 0.407 bits per heavy atom. The van der Waals surface area contributed by atoms with Crippen LogP contribution in [0.1, 0.15) is 6.92 Å². The number of hydrogen-bond acceptors (Lipinski definition) is 26. The number of carbonyl (C=O) groups is 1. The van der Waals surface area contributed by atoms with E-state index in [9.17, 15) is 86.5 Å². The molecule has 5 fully saturated rings. The summed E-state index contributed by atoms with van der Waals surface area (Å²) in [6.07, 6.45) is -44.8. The Hall–Kier alpha value is -1.53. The zero-order valence-electron chi connectivity index (χ0n) is 31.2. The molecule has 59 heavy (non-hydrogen) atoms. The van der Waals surface area contributed by atoms with E-state index in [1.54, 1.807) is 0 Å². The summed E-state index contributed by atoms with van der Waals surface area (Å²) in [5.41, 5.74) is 0. The van der Waals surface area contributed by atoms with Crippen LogP contribution in [0.15, 0.2) is 0 Å². The van der Waals surface area contributed by atoms with Crippen molar-refractivity contribution in [3.05, 3.63) is 0 Å². The van der Waals surface area contributed by atoms with Gasteiger partial charge in [-0.05, 0) is 0 Å². The van der Waals surface area contributed by atoms with Crippen LogP contribution in [0.5, 0.6) is 0 Å². The van der Waals surface area contributed by atoms with Gasteiger partial charge in [0.1, 0.15) is 122 Å². The monoisotopic (exact) mass is 869 g/mol. The van der Waals surface area contributed by atoms with Gasteiger partial charge in [-0.3, -0.25) is 4.79 Å². The number of carbonyl (C=O) groups excluding carboxylic acids is 1. The summed E-state index contributed by atoms with van der Waals surface area (Å²) >= 11 is 0. The second-order valence-corrected chi connectivity index (χ2v) is 14.7. The lowest BCUT2D eigenvalue weighted by Crippen LogP contribution is -2.70.